The van der Waals surface area contributed by atoms with Crippen LogP contribution in [0.1, 0.15) is 0 Å². The van der Waals surface area contributed by atoms with Gasteiger partial charge in [-0.2, -0.15) is 0 Å². The number of nitrogens with zero attached hydrogens (tertiary/aromatic N) is 1. The van der Waals surface area contributed by atoms with E-state index in [1.807, 2.05) is 0 Å². The summed E-state index contributed by atoms with van der Waals surface area (Å²) in [5, 5.41) is 11.9. The summed E-state index contributed by atoms with van der Waals surface area (Å²) in [6.45, 7) is -0.256. The molecule has 0 radical (unpaired) electrons. The number of urea groups is 1. The van der Waals surface area contributed by atoms with Crippen LogP contribution in [0.3, 0.4) is 0 Å². The van der Waals surface area contributed by atoms with Gasteiger partial charge in [0.1, 0.15) is 6.54 Å². The summed E-state index contributed by atoms with van der Waals surface area (Å²) in [5.41, 5.74) is 0.423. The number of hydrogen-bond donors (Lipinski definition) is 2. The fourth-order valence-corrected chi connectivity index (χ4v) is 1.95. The lowest BCUT2D eigenvalue weighted by Gasteiger charge is -2.21. The highest BCUT2D eigenvalue weighted by Crippen LogP contribution is 2.17. The topological polar surface area (TPSA) is 86.7 Å². The molecule has 0 bridgehead atoms. The van der Waals surface area contributed by atoms with Crippen molar-refractivity contribution in [2.24, 2.45) is 0 Å². The van der Waals surface area contributed by atoms with E-state index in [0.29, 0.717) is 16.5 Å². The first kappa shape index (κ1) is 16.5. The molecule has 1 rings (SSSR count). The minimum atomic E-state index is -1.13. The Hall–Kier alpha value is -1.60. The smallest absolute Gasteiger partial charge is 0.323 e. The zero-order valence-electron chi connectivity index (χ0n) is 10.8. The maximum atomic E-state index is 12.0. The number of rotatable bonds is 6. The number of nitrogens with one attached hydrogen (secondary N) is 1. The lowest BCUT2D eigenvalue weighted by atomic mass is 10.3. The van der Waals surface area contributed by atoms with Crippen molar-refractivity contribution in [1.29, 1.82) is 0 Å². The summed E-state index contributed by atoms with van der Waals surface area (Å²) in [6.07, 6.45) is 1.53. The van der Waals surface area contributed by atoms with E-state index >= 15 is 0 Å². The predicted molar refractivity (Wildman–Crippen MR) is 78.8 cm³/mol. The summed E-state index contributed by atoms with van der Waals surface area (Å²) >= 11 is 5.75. The summed E-state index contributed by atoms with van der Waals surface area (Å²) in [7, 11) is -1.02. The third-order valence-electron chi connectivity index (χ3n) is 2.34. The molecule has 2 amide bonds. The Bertz CT molecular complexity index is 507. The van der Waals surface area contributed by atoms with Crippen LogP contribution in [0.25, 0.3) is 0 Å². The molecule has 0 aliphatic rings. The third-order valence-corrected chi connectivity index (χ3v) is 3.37. The molecule has 0 saturated heterocycles. The van der Waals surface area contributed by atoms with Crippen LogP contribution in [0, 0.1) is 0 Å². The van der Waals surface area contributed by atoms with E-state index in [1.54, 1.807) is 24.3 Å². The van der Waals surface area contributed by atoms with Crippen LogP contribution in [-0.4, -0.2) is 46.4 Å². The zero-order chi connectivity index (χ0) is 15.1. The molecule has 0 saturated carbocycles. The van der Waals surface area contributed by atoms with Crippen LogP contribution in [0.15, 0.2) is 24.3 Å². The zero-order valence-corrected chi connectivity index (χ0v) is 12.4. The van der Waals surface area contributed by atoms with Gasteiger partial charge in [-0.25, -0.2) is 4.79 Å². The number of carbonyl (C=O) groups excluding carboxylic acids is 1. The minimum Gasteiger partial charge on any atom is -0.480 e. The van der Waals surface area contributed by atoms with E-state index in [0.717, 1.165) is 4.90 Å². The van der Waals surface area contributed by atoms with Gasteiger partial charge < -0.3 is 10.4 Å². The van der Waals surface area contributed by atoms with Gasteiger partial charge in [-0.1, -0.05) is 11.6 Å². The van der Waals surface area contributed by atoms with Gasteiger partial charge in [0, 0.05) is 40.1 Å². The quantitative estimate of drug-likeness (QED) is 0.828. The average molecular weight is 319 g/mol. The lowest BCUT2D eigenvalue weighted by molar-refractivity contribution is -0.135. The Morgan fingerprint density at radius 2 is 1.95 bits per heavy atom. The van der Waals surface area contributed by atoms with Crippen LogP contribution in [0.5, 0.6) is 0 Å². The van der Waals surface area contributed by atoms with Gasteiger partial charge in [0.2, 0.25) is 0 Å². The van der Waals surface area contributed by atoms with Gasteiger partial charge in [0.05, 0.1) is 0 Å². The van der Waals surface area contributed by atoms with Gasteiger partial charge in [0.15, 0.2) is 0 Å². The Morgan fingerprint density at radius 1 is 1.35 bits per heavy atom. The van der Waals surface area contributed by atoms with Gasteiger partial charge in [0.25, 0.3) is 0 Å². The number of amides is 2. The fourth-order valence-electron chi connectivity index (χ4n) is 1.43. The van der Waals surface area contributed by atoms with Crippen molar-refractivity contribution in [2.75, 3.05) is 30.0 Å². The van der Waals surface area contributed by atoms with Gasteiger partial charge in [-0.3, -0.25) is 13.9 Å². The fraction of sp³-hybridized carbons (Fsp3) is 0.333. The first-order valence-corrected chi connectivity index (χ1v) is 7.83. The molecule has 110 valence electrons. The highest BCUT2D eigenvalue weighted by atomic mass is 35.5. The molecule has 1 unspecified atom stereocenters. The van der Waals surface area contributed by atoms with Crippen molar-refractivity contribution in [3.63, 3.8) is 0 Å². The number of hydrogen-bond acceptors (Lipinski definition) is 3. The van der Waals surface area contributed by atoms with Crippen molar-refractivity contribution in [1.82, 2.24) is 5.32 Å². The van der Waals surface area contributed by atoms with E-state index in [1.165, 1.54) is 6.26 Å². The van der Waals surface area contributed by atoms with Crippen molar-refractivity contribution in [3.05, 3.63) is 29.3 Å². The summed E-state index contributed by atoms with van der Waals surface area (Å²) < 4.78 is 10.9. The number of halogens is 1. The second-order valence-corrected chi connectivity index (χ2v) is 5.96. The Labute approximate surface area is 124 Å². The Balaban J connectivity index is 2.77. The van der Waals surface area contributed by atoms with E-state index < -0.39 is 29.3 Å². The Morgan fingerprint density at radius 3 is 2.45 bits per heavy atom. The molecule has 8 heteroatoms. The van der Waals surface area contributed by atoms with E-state index in [-0.39, 0.29) is 6.54 Å². The standard InChI is InChI=1S/C12H15ClN2O4S/c1-20(19)7-6-14-12(18)15(8-11(16)17)10-4-2-9(13)3-5-10/h2-5H,6-8H2,1H3,(H,14,18)(H,16,17). The largest absolute Gasteiger partial charge is 0.480 e. The molecule has 2 N–H and O–H groups in total. The first-order valence-electron chi connectivity index (χ1n) is 5.73. The number of aliphatic carboxylic acids is 1. The number of carbonyl (C=O) groups is 2. The molecular weight excluding hydrogens is 304 g/mol. The maximum absolute atomic E-state index is 12.0. The number of carboxylic acids is 1. The van der Waals surface area contributed by atoms with E-state index in [9.17, 15) is 13.8 Å². The first-order chi connectivity index (χ1) is 9.40. The molecule has 0 fully saturated rings. The van der Waals surface area contributed by atoms with E-state index in [4.69, 9.17) is 16.7 Å². The molecule has 1 aromatic carbocycles. The summed E-state index contributed by atoms with van der Waals surface area (Å²) in [5.74, 6) is -0.818. The van der Waals surface area contributed by atoms with Crippen LogP contribution >= 0.6 is 11.6 Å². The second-order valence-electron chi connectivity index (χ2n) is 3.97. The SMILES string of the molecule is CS(=O)CCNC(=O)N(CC(=O)O)c1ccc(Cl)cc1. The molecule has 20 heavy (non-hydrogen) atoms. The predicted octanol–water partition coefficient (Wildman–Crippen LogP) is 1.32. The monoisotopic (exact) mass is 318 g/mol. The molecule has 1 atom stereocenters. The van der Waals surface area contributed by atoms with E-state index in [2.05, 4.69) is 5.32 Å². The van der Waals surface area contributed by atoms with Crippen LogP contribution in [-0.2, 0) is 15.6 Å². The molecule has 0 aromatic heterocycles. The average Bonchev–Trinajstić information content (AvgIpc) is 2.36. The number of anilines is 1. The molecule has 0 aliphatic heterocycles. The molecule has 0 spiro atoms. The molecule has 1 aromatic rings. The van der Waals surface area contributed by atoms with Gasteiger partial charge >= 0.3 is 12.0 Å². The van der Waals surface area contributed by atoms with Crippen molar-refractivity contribution in [2.45, 2.75) is 0 Å². The Kier molecular flexibility index (Phi) is 6.47. The normalized spacial score (nSPS) is 11.7. The van der Waals surface area contributed by atoms with Crippen LogP contribution in [0.2, 0.25) is 5.02 Å². The highest BCUT2D eigenvalue weighted by Gasteiger charge is 2.18. The minimum absolute atomic E-state index is 0.214. The molecule has 0 aliphatic carbocycles. The second kappa shape index (κ2) is 7.86. The van der Waals surface area contributed by atoms with Crippen LogP contribution < -0.4 is 10.2 Å². The molecule has 0 heterocycles. The van der Waals surface area contributed by atoms with Crippen molar-refractivity contribution >= 4 is 40.1 Å². The van der Waals surface area contributed by atoms with Crippen molar-refractivity contribution < 1.29 is 18.9 Å². The number of benzene rings is 1. The summed E-state index contributed by atoms with van der Waals surface area (Å²) in [4.78, 5) is 23.9. The number of carboxylic acid groups (broad SMARTS) is 1. The van der Waals surface area contributed by atoms with Gasteiger partial charge in [-0.15, -0.1) is 0 Å². The van der Waals surface area contributed by atoms with Crippen LogP contribution in [0.4, 0.5) is 10.5 Å². The highest BCUT2D eigenvalue weighted by molar-refractivity contribution is 7.84. The summed E-state index contributed by atoms with van der Waals surface area (Å²) in [6, 6.07) is 5.70. The third kappa shape index (κ3) is 5.58. The molecule has 6 nitrogen and oxygen atoms in total. The maximum Gasteiger partial charge on any atom is 0.323 e. The lowest BCUT2D eigenvalue weighted by Crippen LogP contribution is -2.44. The van der Waals surface area contributed by atoms with Gasteiger partial charge in [-0.05, 0) is 24.3 Å². The van der Waals surface area contributed by atoms with Crippen molar-refractivity contribution in [3.8, 4) is 0 Å². The molecular formula is C12H15ClN2O4S.